The molecule has 7 heteroatoms. The SMILES string of the molecule is CCCCN(C(=O)C(Cc1ccccc1)NC(=O)OC(C)(C)C)C(C(=O)NC(C)C)c1ccc(C)cc1C. The highest BCUT2D eigenvalue weighted by molar-refractivity contribution is 5.92. The lowest BCUT2D eigenvalue weighted by Crippen LogP contribution is -2.54. The number of benzene rings is 2. The summed E-state index contributed by atoms with van der Waals surface area (Å²) in [5, 5.41) is 5.81. The topological polar surface area (TPSA) is 87.7 Å². The molecular weight excluding hydrogens is 478 g/mol. The van der Waals surface area contributed by atoms with Gasteiger partial charge in [0.1, 0.15) is 17.7 Å². The molecule has 2 atom stereocenters. The Hall–Kier alpha value is -3.35. The first-order valence-electron chi connectivity index (χ1n) is 13.5. The van der Waals surface area contributed by atoms with Gasteiger partial charge in [-0.3, -0.25) is 9.59 Å². The van der Waals surface area contributed by atoms with E-state index in [2.05, 4.69) is 10.6 Å². The maximum absolute atomic E-state index is 14.3. The summed E-state index contributed by atoms with van der Waals surface area (Å²) >= 11 is 0. The third-order valence-electron chi connectivity index (χ3n) is 6.02. The van der Waals surface area contributed by atoms with E-state index in [1.165, 1.54) is 0 Å². The number of aryl methyl sites for hydroxylation is 2. The first-order valence-corrected chi connectivity index (χ1v) is 13.5. The fraction of sp³-hybridized carbons (Fsp3) is 0.516. The van der Waals surface area contributed by atoms with Crippen LogP contribution < -0.4 is 10.6 Å². The molecule has 3 amide bonds. The molecule has 2 unspecified atom stereocenters. The number of carbonyl (C=O) groups is 3. The molecule has 38 heavy (non-hydrogen) atoms. The van der Waals surface area contributed by atoms with E-state index in [9.17, 15) is 14.4 Å². The van der Waals surface area contributed by atoms with Crippen molar-refractivity contribution in [2.24, 2.45) is 0 Å². The van der Waals surface area contributed by atoms with E-state index in [0.29, 0.717) is 13.0 Å². The quantitative estimate of drug-likeness (QED) is 0.399. The molecule has 208 valence electrons. The summed E-state index contributed by atoms with van der Waals surface area (Å²) < 4.78 is 5.49. The van der Waals surface area contributed by atoms with Gasteiger partial charge in [-0.05, 0) is 71.6 Å². The van der Waals surface area contributed by atoms with Crippen molar-refractivity contribution in [1.82, 2.24) is 15.5 Å². The first kappa shape index (κ1) is 30.9. The third-order valence-corrected chi connectivity index (χ3v) is 6.02. The number of rotatable bonds is 11. The van der Waals surface area contributed by atoms with E-state index < -0.39 is 23.8 Å². The number of alkyl carbamates (subject to hydrolysis) is 1. The molecule has 2 rings (SSSR count). The van der Waals surface area contributed by atoms with Gasteiger partial charge >= 0.3 is 6.09 Å². The maximum atomic E-state index is 14.3. The monoisotopic (exact) mass is 523 g/mol. The fourth-order valence-electron chi connectivity index (χ4n) is 4.34. The van der Waals surface area contributed by atoms with Crippen LogP contribution in [0.15, 0.2) is 48.5 Å². The van der Waals surface area contributed by atoms with Crippen molar-refractivity contribution in [3.8, 4) is 0 Å². The van der Waals surface area contributed by atoms with Crippen molar-refractivity contribution in [3.05, 3.63) is 70.8 Å². The van der Waals surface area contributed by atoms with Crippen LogP contribution in [0.1, 0.15) is 82.7 Å². The van der Waals surface area contributed by atoms with Crippen LogP contribution in [0.25, 0.3) is 0 Å². The molecule has 0 aliphatic rings. The molecule has 2 N–H and O–H groups in total. The molecule has 2 aromatic rings. The van der Waals surface area contributed by atoms with Gasteiger partial charge in [-0.1, -0.05) is 67.4 Å². The average Bonchev–Trinajstić information content (AvgIpc) is 2.80. The van der Waals surface area contributed by atoms with E-state index in [0.717, 1.165) is 28.7 Å². The van der Waals surface area contributed by atoms with Crippen molar-refractivity contribution in [3.63, 3.8) is 0 Å². The summed E-state index contributed by atoms with van der Waals surface area (Å²) in [5.74, 6) is -0.566. The molecule has 0 fully saturated rings. The fourth-order valence-corrected chi connectivity index (χ4v) is 4.34. The number of nitrogens with zero attached hydrogens (tertiary/aromatic N) is 1. The maximum Gasteiger partial charge on any atom is 0.408 e. The number of hydrogen-bond acceptors (Lipinski definition) is 4. The number of unbranched alkanes of at least 4 members (excludes halogenated alkanes) is 1. The molecule has 7 nitrogen and oxygen atoms in total. The Morgan fingerprint density at radius 3 is 2.18 bits per heavy atom. The van der Waals surface area contributed by atoms with Gasteiger partial charge in [-0.15, -0.1) is 0 Å². The standard InChI is InChI=1S/C31H45N3O4/c1-9-10-18-34(27(28(35)32-21(2)3)25-17-16-22(4)19-23(25)5)29(36)26(20-24-14-12-11-13-15-24)33-30(37)38-31(6,7)8/h11-17,19,21,26-27H,9-10,18,20H2,1-8H3,(H,32,35)(H,33,37). The van der Waals surface area contributed by atoms with Crippen LogP contribution in [0, 0.1) is 13.8 Å². The van der Waals surface area contributed by atoms with Crippen LogP contribution in [0.5, 0.6) is 0 Å². The van der Waals surface area contributed by atoms with E-state index in [1.807, 2.05) is 83.1 Å². The Morgan fingerprint density at radius 2 is 1.63 bits per heavy atom. The third kappa shape index (κ3) is 9.51. The summed E-state index contributed by atoms with van der Waals surface area (Å²) in [5.41, 5.74) is 2.96. The Balaban J connectivity index is 2.57. The van der Waals surface area contributed by atoms with Crippen LogP contribution in [0.2, 0.25) is 0 Å². The number of hydrogen-bond donors (Lipinski definition) is 2. The number of nitrogens with one attached hydrogen (secondary N) is 2. The zero-order chi connectivity index (χ0) is 28.5. The molecule has 0 saturated heterocycles. The van der Waals surface area contributed by atoms with Gasteiger partial charge < -0.3 is 20.3 Å². The van der Waals surface area contributed by atoms with Crippen molar-refractivity contribution in [1.29, 1.82) is 0 Å². The second kappa shape index (κ2) is 14.0. The van der Waals surface area contributed by atoms with Crippen molar-refractivity contribution in [2.75, 3.05) is 6.54 Å². The lowest BCUT2D eigenvalue weighted by Gasteiger charge is -2.35. The Morgan fingerprint density at radius 1 is 0.974 bits per heavy atom. The van der Waals surface area contributed by atoms with Crippen LogP contribution in [0.4, 0.5) is 4.79 Å². The molecule has 0 aliphatic heterocycles. The van der Waals surface area contributed by atoms with Gasteiger partial charge in [0.05, 0.1) is 0 Å². The molecule has 0 saturated carbocycles. The van der Waals surface area contributed by atoms with E-state index in [1.54, 1.807) is 25.7 Å². The highest BCUT2D eigenvalue weighted by atomic mass is 16.6. The zero-order valence-corrected chi connectivity index (χ0v) is 24.3. The van der Waals surface area contributed by atoms with Gasteiger partial charge in [-0.2, -0.15) is 0 Å². The summed E-state index contributed by atoms with van der Waals surface area (Å²) in [6, 6.07) is 13.6. The Bertz CT molecular complexity index is 1080. The van der Waals surface area contributed by atoms with Crippen LogP contribution in [-0.2, 0) is 20.7 Å². The zero-order valence-electron chi connectivity index (χ0n) is 24.3. The van der Waals surface area contributed by atoms with E-state index >= 15 is 0 Å². The van der Waals surface area contributed by atoms with Gasteiger partial charge in [0.2, 0.25) is 11.8 Å². The molecule has 0 aliphatic carbocycles. The summed E-state index contributed by atoms with van der Waals surface area (Å²) in [7, 11) is 0. The molecule has 0 aromatic heterocycles. The predicted molar refractivity (Wildman–Crippen MR) is 152 cm³/mol. The van der Waals surface area contributed by atoms with Crippen LogP contribution in [-0.4, -0.2) is 47.0 Å². The van der Waals surface area contributed by atoms with Gasteiger partial charge in [0.15, 0.2) is 0 Å². The molecule has 0 radical (unpaired) electrons. The number of amides is 3. The minimum atomic E-state index is -0.913. The van der Waals surface area contributed by atoms with E-state index in [4.69, 9.17) is 4.74 Å². The molecule has 0 bridgehead atoms. The Kier molecular flexibility index (Phi) is 11.4. The smallest absolute Gasteiger partial charge is 0.408 e. The van der Waals surface area contributed by atoms with Crippen molar-refractivity contribution in [2.45, 2.75) is 98.4 Å². The number of carbonyl (C=O) groups excluding carboxylic acids is 3. The summed E-state index contributed by atoms with van der Waals surface area (Å²) in [6.07, 6.45) is 1.16. The molecule has 2 aromatic carbocycles. The molecular formula is C31H45N3O4. The first-order chi connectivity index (χ1) is 17.8. The van der Waals surface area contributed by atoms with Gasteiger partial charge in [0, 0.05) is 19.0 Å². The largest absolute Gasteiger partial charge is 0.444 e. The normalized spacial score (nSPS) is 13.0. The Labute approximate surface area is 228 Å². The highest BCUT2D eigenvalue weighted by Gasteiger charge is 2.37. The van der Waals surface area contributed by atoms with Crippen molar-refractivity contribution < 1.29 is 19.1 Å². The van der Waals surface area contributed by atoms with Crippen LogP contribution >= 0.6 is 0 Å². The second-order valence-electron chi connectivity index (χ2n) is 11.2. The lowest BCUT2D eigenvalue weighted by atomic mass is 9.95. The van der Waals surface area contributed by atoms with Gasteiger partial charge in [0.25, 0.3) is 0 Å². The van der Waals surface area contributed by atoms with Gasteiger partial charge in [-0.25, -0.2) is 4.79 Å². The summed E-state index contributed by atoms with van der Waals surface area (Å²) in [6.45, 7) is 15.5. The highest BCUT2D eigenvalue weighted by Crippen LogP contribution is 2.27. The lowest BCUT2D eigenvalue weighted by molar-refractivity contribution is -0.142. The minimum absolute atomic E-state index is 0.0983. The predicted octanol–water partition coefficient (Wildman–Crippen LogP) is 5.63. The van der Waals surface area contributed by atoms with E-state index in [-0.39, 0.29) is 24.3 Å². The summed E-state index contributed by atoms with van der Waals surface area (Å²) in [4.78, 5) is 42.4. The minimum Gasteiger partial charge on any atom is -0.444 e. The molecule has 0 spiro atoms. The second-order valence-corrected chi connectivity index (χ2v) is 11.2. The number of ether oxygens (including phenoxy) is 1. The molecule has 0 heterocycles. The van der Waals surface area contributed by atoms with Crippen LogP contribution in [0.3, 0.4) is 0 Å². The average molecular weight is 524 g/mol. The van der Waals surface area contributed by atoms with Crippen molar-refractivity contribution >= 4 is 17.9 Å².